The Morgan fingerprint density at radius 2 is 1.07 bits per heavy atom. The van der Waals surface area contributed by atoms with E-state index in [0.29, 0.717) is 23.3 Å². The lowest BCUT2D eigenvalue weighted by Gasteiger charge is -2.10. The van der Waals surface area contributed by atoms with Gasteiger partial charge in [-0.3, -0.25) is 9.59 Å². The topological polar surface area (TPSA) is 101 Å². The van der Waals surface area contributed by atoms with E-state index >= 15 is 0 Å². The first-order chi connectivity index (χ1) is 19.1. The highest BCUT2D eigenvalue weighted by molar-refractivity contribution is 9.10. The maximum absolute atomic E-state index is 12.1. The van der Waals surface area contributed by atoms with Crippen molar-refractivity contribution < 1.29 is 19.1 Å². The molecule has 0 saturated carbocycles. The molecule has 2 N–H and O–H groups in total. The molecule has 0 unspecified atom stereocenters. The third kappa shape index (κ3) is 9.91. The Kier molecular flexibility index (Phi) is 11.9. The molecule has 2 amide bonds. The van der Waals surface area contributed by atoms with E-state index in [4.69, 9.17) is 9.47 Å². The molecule has 0 aliphatic carbocycles. The predicted octanol–water partition coefficient (Wildman–Crippen LogP) is 6.52. The van der Waals surface area contributed by atoms with Gasteiger partial charge in [-0.15, -0.1) is 0 Å². The molecule has 0 heterocycles. The van der Waals surface area contributed by atoms with Crippen LogP contribution in [-0.4, -0.2) is 37.5 Å². The summed E-state index contributed by atoms with van der Waals surface area (Å²) in [5.41, 5.74) is 8.80. The van der Waals surface area contributed by atoms with Gasteiger partial charge in [0, 0.05) is 0 Å². The fourth-order valence-corrected chi connectivity index (χ4v) is 4.39. The van der Waals surface area contributed by atoms with Gasteiger partial charge in [0.05, 0.1) is 21.4 Å². The van der Waals surface area contributed by atoms with Crippen LogP contribution < -0.4 is 20.3 Å². The number of benzene rings is 3. The number of ether oxygens (including phenoxy) is 2. The number of carbonyl (C=O) groups excluding carboxylic acids is 2. The highest BCUT2D eigenvalue weighted by atomic mass is 79.9. The van der Waals surface area contributed by atoms with Crippen LogP contribution in [0.4, 0.5) is 0 Å². The zero-order chi connectivity index (χ0) is 29.1. The van der Waals surface area contributed by atoms with Crippen LogP contribution >= 0.6 is 31.9 Å². The van der Waals surface area contributed by atoms with Gasteiger partial charge in [0.1, 0.15) is 11.5 Å². The number of nitrogens with one attached hydrogen (secondary N) is 2. The first-order valence-electron chi connectivity index (χ1n) is 12.7. The molecule has 0 aliphatic heterocycles. The molecule has 3 aromatic rings. The van der Waals surface area contributed by atoms with Crippen molar-refractivity contribution in [2.24, 2.45) is 10.2 Å². The van der Waals surface area contributed by atoms with Crippen LogP contribution in [-0.2, 0) is 9.59 Å². The normalized spacial score (nSPS) is 11.4. The monoisotopic (exact) mass is 670 g/mol. The molecule has 0 bridgehead atoms. The molecule has 10 heteroatoms. The number of hydrogen-bond donors (Lipinski definition) is 2. The summed E-state index contributed by atoms with van der Waals surface area (Å²) in [4.78, 5) is 24.1. The van der Waals surface area contributed by atoms with Gasteiger partial charge in [0.25, 0.3) is 11.8 Å². The lowest BCUT2D eigenvalue weighted by molar-refractivity contribution is -0.123. The molecule has 0 aliphatic rings. The lowest BCUT2D eigenvalue weighted by atomic mass is 10.0. The molecule has 0 atom stereocenters. The van der Waals surface area contributed by atoms with E-state index in [-0.39, 0.29) is 25.0 Å². The van der Waals surface area contributed by atoms with Gasteiger partial charge in [0.2, 0.25) is 0 Å². The fraction of sp³-hybridized carbons (Fsp3) is 0.267. The molecule has 0 fully saturated rings. The molecule has 3 rings (SSSR count). The number of amides is 2. The zero-order valence-corrected chi connectivity index (χ0v) is 26.0. The minimum absolute atomic E-state index is 0.162. The summed E-state index contributed by atoms with van der Waals surface area (Å²) in [5.74, 6) is 1.23. The zero-order valence-electron chi connectivity index (χ0n) is 22.8. The van der Waals surface area contributed by atoms with Crippen molar-refractivity contribution in [2.75, 3.05) is 13.2 Å². The molecule has 210 valence electrons. The van der Waals surface area contributed by atoms with Crippen LogP contribution in [0.15, 0.2) is 79.8 Å². The third-order valence-corrected chi connectivity index (χ3v) is 6.94. The summed E-state index contributed by atoms with van der Waals surface area (Å²) < 4.78 is 12.7. The average molecular weight is 672 g/mol. The predicted molar refractivity (Wildman–Crippen MR) is 165 cm³/mol. The molecule has 0 spiro atoms. The molecule has 40 heavy (non-hydrogen) atoms. The van der Waals surface area contributed by atoms with Crippen molar-refractivity contribution in [2.45, 2.75) is 39.5 Å². The highest BCUT2D eigenvalue weighted by Gasteiger charge is 2.09. The molecule has 0 aromatic heterocycles. The summed E-state index contributed by atoms with van der Waals surface area (Å²) in [7, 11) is 0. The Morgan fingerprint density at radius 1 is 0.700 bits per heavy atom. The minimum Gasteiger partial charge on any atom is -0.483 e. The number of hydrazone groups is 2. The van der Waals surface area contributed by atoms with E-state index in [9.17, 15) is 9.59 Å². The van der Waals surface area contributed by atoms with Crippen LogP contribution in [0.25, 0.3) is 0 Å². The summed E-state index contributed by atoms with van der Waals surface area (Å²) in [6.45, 7) is 8.12. The fourth-order valence-electron chi connectivity index (χ4n) is 3.36. The average Bonchev–Trinajstić information content (AvgIpc) is 2.92. The lowest BCUT2D eigenvalue weighted by Crippen LogP contribution is -2.24. The van der Waals surface area contributed by atoms with E-state index < -0.39 is 0 Å². The van der Waals surface area contributed by atoms with Crippen molar-refractivity contribution in [3.05, 3.63) is 91.9 Å². The number of nitrogens with zero attached hydrogens (tertiary/aromatic N) is 2. The summed E-state index contributed by atoms with van der Waals surface area (Å²) in [5, 5.41) is 7.94. The molecule has 0 radical (unpaired) electrons. The maximum Gasteiger partial charge on any atom is 0.277 e. The number of carbonyl (C=O) groups is 2. The van der Waals surface area contributed by atoms with Crippen LogP contribution in [0.3, 0.4) is 0 Å². The van der Waals surface area contributed by atoms with Crippen molar-refractivity contribution in [3.63, 3.8) is 0 Å². The largest absolute Gasteiger partial charge is 0.483 e. The number of halogens is 2. The van der Waals surface area contributed by atoms with Crippen LogP contribution in [0.1, 0.15) is 61.8 Å². The Bertz CT molecular complexity index is 1270. The van der Waals surface area contributed by atoms with Gasteiger partial charge in [0.15, 0.2) is 13.2 Å². The molecule has 0 saturated heterocycles. The van der Waals surface area contributed by atoms with Crippen LogP contribution in [0.5, 0.6) is 11.5 Å². The van der Waals surface area contributed by atoms with Crippen LogP contribution in [0.2, 0.25) is 0 Å². The van der Waals surface area contributed by atoms with E-state index in [1.165, 1.54) is 23.6 Å². The third-order valence-electron chi connectivity index (χ3n) is 5.70. The molecular formula is C30H32Br2N4O4. The molecule has 3 aromatic carbocycles. The second-order valence-corrected chi connectivity index (χ2v) is 11.2. The molecular weight excluding hydrogens is 640 g/mol. The maximum atomic E-state index is 12.1. The number of rotatable bonds is 12. The van der Waals surface area contributed by atoms with E-state index in [1.54, 1.807) is 0 Å². The standard InChI is InChI=1S/C30H32Br2N4O4/c1-19(2)23-9-11-27(25(31)13-23)39-17-29(37)35-33-15-21-5-7-22(8-6-21)16-34-36-30(38)18-40-28-12-10-24(20(3)4)14-26(28)32/h5-16,19-20H,17-18H2,1-4H3,(H,35,37)(H,36,38)/b33-15+,34-16+. The Labute approximate surface area is 251 Å². The van der Waals surface area contributed by atoms with Crippen molar-refractivity contribution in [1.29, 1.82) is 0 Å². The van der Waals surface area contributed by atoms with Crippen molar-refractivity contribution in [3.8, 4) is 11.5 Å². The van der Waals surface area contributed by atoms with Gasteiger partial charge in [-0.1, -0.05) is 64.1 Å². The Balaban J connectivity index is 1.39. The van der Waals surface area contributed by atoms with E-state index in [1.807, 2.05) is 60.7 Å². The van der Waals surface area contributed by atoms with Gasteiger partial charge in [-0.05, 0) is 90.2 Å². The summed E-state index contributed by atoms with van der Waals surface area (Å²) in [6, 6.07) is 18.8. The Hall–Kier alpha value is -3.50. The van der Waals surface area contributed by atoms with Gasteiger partial charge in [-0.2, -0.15) is 10.2 Å². The van der Waals surface area contributed by atoms with Gasteiger partial charge < -0.3 is 9.47 Å². The summed E-state index contributed by atoms with van der Waals surface area (Å²) >= 11 is 6.95. The first-order valence-corrected chi connectivity index (χ1v) is 14.3. The second-order valence-electron chi connectivity index (χ2n) is 9.52. The van der Waals surface area contributed by atoms with Crippen molar-refractivity contribution >= 4 is 56.1 Å². The van der Waals surface area contributed by atoms with Gasteiger partial charge in [-0.25, -0.2) is 10.9 Å². The minimum atomic E-state index is -0.375. The summed E-state index contributed by atoms with van der Waals surface area (Å²) in [6.07, 6.45) is 3.05. The van der Waals surface area contributed by atoms with E-state index in [0.717, 1.165) is 20.1 Å². The Morgan fingerprint density at radius 3 is 1.40 bits per heavy atom. The van der Waals surface area contributed by atoms with Gasteiger partial charge >= 0.3 is 0 Å². The molecule has 8 nitrogen and oxygen atoms in total. The van der Waals surface area contributed by atoms with Crippen LogP contribution in [0, 0.1) is 0 Å². The smallest absolute Gasteiger partial charge is 0.277 e. The van der Waals surface area contributed by atoms with E-state index in [2.05, 4.69) is 80.6 Å². The quantitative estimate of drug-likeness (QED) is 0.169. The first kappa shape index (κ1) is 31.0. The number of hydrogen-bond acceptors (Lipinski definition) is 6. The van der Waals surface area contributed by atoms with Crippen molar-refractivity contribution in [1.82, 2.24) is 10.9 Å². The SMILES string of the molecule is CC(C)c1ccc(OCC(=O)N/N=C/c2ccc(/C=N/NC(=O)COc3ccc(C(C)C)cc3Br)cc2)c(Br)c1. The highest BCUT2D eigenvalue weighted by Crippen LogP contribution is 2.29. The second kappa shape index (κ2) is 15.3.